The van der Waals surface area contributed by atoms with Crippen LogP contribution in [0.3, 0.4) is 0 Å². The highest BCUT2D eigenvalue weighted by Gasteiger charge is 2.56. The Bertz CT molecular complexity index is 1710. The average Bonchev–Trinajstić information content (AvgIpc) is 3.74. The topological polar surface area (TPSA) is 192 Å². The summed E-state index contributed by atoms with van der Waals surface area (Å²) in [6, 6.07) is 12.1. The summed E-state index contributed by atoms with van der Waals surface area (Å²) in [6.07, 6.45) is 3.38. The van der Waals surface area contributed by atoms with Crippen LogP contribution in [0.4, 0.5) is 10.6 Å². The lowest BCUT2D eigenvalue weighted by Gasteiger charge is -2.20. The highest BCUT2D eigenvalue weighted by molar-refractivity contribution is 5.95. The third kappa shape index (κ3) is 5.83. The highest BCUT2D eigenvalue weighted by atomic mass is 16.8. The van der Waals surface area contributed by atoms with Gasteiger partial charge in [-0.3, -0.25) is 19.7 Å². The standard InChI is InChI=1S/C29H28N8O7/c1-2-30-29(41)36-24-20-25(34-14-33-24)37(15-35-20)27-23-21(42-19(43-23)11-10-16-7-4-3-5-8-16)22(44-27)26(38)32-13-18-17(28(39)40)9-6-12-31-18/h3-12,14-15,19,21-23,27H,2,13H2,1H3,(H,32,38)(H,39,40)(H2,30,33,34,36,41)/t19-,21?,22?,23?,27?/m0/s1. The summed E-state index contributed by atoms with van der Waals surface area (Å²) < 4.78 is 20.2. The minimum atomic E-state index is -1.16. The number of hydrogen-bond acceptors (Lipinski definition) is 10. The van der Waals surface area contributed by atoms with Crippen LogP contribution in [0.1, 0.15) is 34.8 Å². The van der Waals surface area contributed by atoms with Crippen LogP contribution < -0.4 is 16.0 Å². The molecule has 44 heavy (non-hydrogen) atoms. The number of anilines is 1. The second-order valence-corrected chi connectivity index (χ2v) is 9.84. The molecule has 15 nitrogen and oxygen atoms in total. The smallest absolute Gasteiger partial charge is 0.337 e. The molecule has 4 aromatic rings. The molecule has 5 heterocycles. The highest BCUT2D eigenvalue weighted by Crippen LogP contribution is 2.41. The summed E-state index contributed by atoms with van der Waals surface area (Å²) in [7, 11) is 0. The van der Waals surface area contributed by atoms with Gasteiger partial charge in [-0.05, 0) is 30.7 Å². The van der Waals surface area contributed by atoms with Crippen LogP contribution in [-0.4, -0.2) is 78.7 Å². The Morgan fingerprint density at radius 3 is 2.59 bits per heavy atom. The Balaban J connectivity index is 1.27. The predicted octanol–water partition coefficient (Wildman–Crippen LogP) is 2.10. The molecule has 6 rings (SSSR count). The zero-order valence-corrected chi connectivity index (χ0v) is 23.4. The molecule has 226 valence electrons. The number of imidazole rings is 1. The van der Waals surface area contributed by atoms with Crippen molar-refractivity contribution in [2.45, 2.75) is 44.3 Å². The molecule has 0 saturated carbocycles. The maximum atomic E-state index is 13.5. The molecule has 0 bridgehead atoms. The van der Waals surface area contributed by atoms with Gasteiger partial charge in [-0.25, -0.2) is 24.5 Å². The molecule has 2 saturated heterocycles. The van der Waals surface area contributed by atoms with Crippen LogP contribution in [0.25, 0.3) is 17.2 Å². The molecule has 4 unspecified atom stereocenters. The number of benzene rings is 1. The molecule has 3 aromatic heterocycles. The van der Waals surface area contributed by atoms with Gasteiger partial charge >= 0.3 is 12.0 Å². The number of amides is 3. The summed E-state index contributed by atoms with van der Waals surface area (Å²) in [6.45, 7) is 2.07. The molecule has 0 spiro atoms. The molecule has 2 aliphatic rings. The van der Waals surface area contributed by atoms with Gasteiger partial charge in [0.1, 0.15) is 18.5 Å². The third-order valence-corrected chi connectivity index (χ3v) is 7.03. The number of ether oxygens (including phenoxy) is 3. The van der Waals surface area contributed by atoms with Gasteiger partial charge in [-0.15, -0.1) is 0 Å². The minimum Gasteiger partial charge on any atom is -0.478 e. The number of carbonyl (C=O) groups is 3. The van der Waals surface area contributed by atoms with Crippen LogP contribution >= 0.6 is 0 Å². The lowest BCUT2D eigenvalue weighted by Crippen LogP contribution is -2.42. The number of aromatic carboxylic acids is 1. The van der Waals surface area contributed by atoms with Crippen molar-refractivity contribution in [1.29, 1.82) is 0 Å². The summed E-state index contributed by atoms with van der Waals surface area (Å²) in [5.41, 5.74) is 1.75. The van der Waals surface area contributed by atoms with Crippen molar-refractivity contribution >= 4 is 41.0 Å². The van der Waals surface area contributed by atoms with Gasteiger partial charge < -0.3 is 30.0 Å². The SMILES string of the molecule is CCNC(=O)Nc1ncnc2c1ncn2C1OC(C(=O)NCc2ncccc2C(=O)O)C2O[C@H](C=Cc3ccccc3)OC21. The first-order chi connectivity index (χ1) is 21.4. The summed E-state index contributed by atoms with van der Waals surface area (Å²) in [5.74, 6) is -1.51. The second kappa shape index (κ2) is 12.5. The Morgan fingerprint density at radius 2 is 1.80 bits per heavy atom. The number of carboxylic acid groups (broad SMARTS) is 1. The molecule has 0 aliphatic carbocycles. The van der Waals surface area contributed by atoms with E-state index < -0.39 is 48.7 Å². The van der Waals surface area contributed by atoms with Gasteiger partial charge in [0, 0.05) is 12.7 Å². The van der Waals surface area contributed by atoms with E-state index >= 15 is 0 Å². The largest absolute Gasteiger partial charge is 0.478 e. The van der Waals surface area contributed by atoms with E-state index in [0.29, 0.717) is 17.7 Å². The number of hydrogen-bond donors (Lipinski definition) is 4. The fourth-order valence-corrected chi connectivity index (χ4v) is 5.04. The second-order valence-electron chi connectivity index (χ2n) is 9.84. The van der Waals surface area contributed by atoms with Crippen molar-refractivity contribution in [1.82, 2.24) is 35.1 Å². The van der Waals surface area contributed by atoms with Crippen molar-refractivity contribution in [2.75, 3.05) is 11.9 Å². The Kier molecular flexibility index (Phi) is 8.23. The predicted molar refractivity (Wildman–Crippen MR) is 154 cm³/mol. The van der Waals surface area contributed by atoms with E-state index in [1.165, 1.54) is 31.0 Å². The normalized spacial score (nSPS) is 22.6. The average molecular weight is 601 g/mol. The van der Waals surface area contributed by atoms with E-state index in [1.807, 2.05) is 36.4 Å². The number of nitrogens with one attached hydrogen (secondary N) is 3. The number of carboxylic acids is 1. The number of nitrogens with zero attached hydrogens (tertiary/aromatic N) is 5. The molecular weight excluding hydrogens is 572 g/mol. The first-order valence-corrected chi connectivity index (χ1v) is 13.8. The molecule has 0 radical (unpaired) electrons. The van der Waals surface area contributed by atoms with E-state index in [0.717, 1.165) is 5.56 Å². The quantitative estimate of drug-likeness (QED) is 0.220. The summed E-state index contributed by atoms with van der Waals surface area (Å²) in [4.78, 5) is 54.2. The fraction of sp³-hybridized carbons (Fsp3) is 0.276. The monoisotopic (exact) mass is 600 g/mol. The van der Waals surface area contributed by atoms with E-state index in [2.05, 4.69) is 35.9 Å². The lowest BCUT2D eigenvalue weighted by atomic mass is 10.1. The zero-order valence-electron chi connectivity index (χ0n) is 23.4. The molecular formula is C29H28N8O7. The third-order valence-electron chi connectivity index (χ3n) is 7.03. The van der Waals surface area contributed by atoms with E-state index in [9.17, 15) is 19.5 Å². The van der Waals surface area contributed by atoms with Crippen LogP contribution in [0.2, 0.25) is 0 Å². The van der Waals surface area contributed by atoms with Gasteiger partial charge in [-0.2, -0.15) is 0 Å². The Hall–Kier alpha value is -5.25. The van der Waals surface area contributed by atoms with Crippen molar-refractivity contribution in [2.24, 2.45) is 0 Å². The number of urea groups is 1. The van der Waals surface area contributed by atoms with Gasteiger partial charge in [-0.1, -0.05) is 36.4 Å². The van der Waals surface area contributed by atoms with Crippen LogP contribution in [-0.2, 0) is 25.5 Å². The van der Waals surface area contributed by atoms with Gasteiger partial charge in [0.25, 0.3) is 5.91 Å². The maximum absolute atomic E-state index is 13.5. The molecule has 15 heteroatoms. The summed E-state index contributed by atoms with van der Waals surface area (Å²) >= 11 is 0. The van der Waals surface area contributed by atoms with Crippen molar-refractivity contribution in [3.05, 3.63) is 84.2 Å². The maximum Gasteiger partial charge on any atom is 0.337 e. The number of pyridine rings is 1. The molecule has 4 N–H and O–H groups in total. The molecule has 1 aromatic carbocycles. The number of rotatable bonds is 9. The van der Waals surface area contributed by atoms with Gasteiger partial charge in [0.15, 0.2) is 35.6 Å². The number of aromatic nitrogens is 5. The first kappa shape index (κ1) is 28.9. The fourth-order valence-electron chi connectivity index (χ4n) is 5.04. The summed E-state index contributed by atoms with van der Waals surface area (Å²) in [5, 5.41) is 17.5. The van der Waals surface area contributed by atoms with Crippen molar-refractivity contribution < 1.29 is 33.7 Å². The van der Waals surface area contributed by atoms with E-state index in [4.69, 9.17) is 14.2 Å². The number of carbonyl (C=O) groups excluding carboxylic acids is 2. The van der Waals surface area contributed by atoms with Crippen LogP contribution in [0.15, 0.2) is 67.4 Å². The zero-order chi connectivity index (χ0) is 30.6. The van der Waals surface area contributed by atoms with E-state index in [-0.39, 0.29) is 23.6 Å². The molecule has 2 aliphatic heterocycles. The van der Waals surface area contributed by atoms with Crippen LogP contribution in [0.5, 0.6) is 0 Å². The minimum absolute atomic E-state index is 0.0240. The Labute approximate surface area is 250 Å². The van der Waals surface area contributed by atoms with Gasteiger partial charge in [0.05, 0.1) is 24.1 Å². The molecule has 3 amide bonds. The lowest BCUT2D eigenvalue weighted by molar-refractivity contribution is -0.152. The molecule has 2 fully saturated rings. The van der Waals surface area contributed by atoms with Crippen LogP contribution in [0, 0.1) is 0 Å². The van der Waals surface area contributed by atoms with Crippen molar-refractivity contribution in [3.63, 3.8) is 0 Å². The van der Waals surface area contributed by atoms with E-state index in [1.54, 1.807) is 17.6 Å². The van der Waals surface area contributed by atoms with Crippen molar-refractivity contribution in [3.8, 4) is 0 Å². The first-order valence-electron chi connectivity index (χ1n) is 13.8. The van der Waals surface area contributed by atoms with Gasteiger partial charge in [0.2, 0.25) is 0 Å². The Morgan fingerprint density at radius 1 is 0.977 bits per heavy atom. The number of fused-ring (bicyclic) bond motifs is 2. The molecule has 5 atom stereocenters.